The molecule has 0 aromatic heterocycles. The summed E-state index contributed by atoms with van der Waals surface area (Å²) in [7, 11) is 0. The third-order valence-electron chi connectivity index (χ3n) is 7.27. The number of hydrogen-bond donors (Lipinski definition) is 0. The second-order valence-corrected chi connectivity index (χ2v) is 10.6. The Morgan fingerprint density at radius 3 is 2.55 bits per heavy atom. The van der Waals surface area contributed by atoms with Crippen molar-refractivity contribution >= 4 is 27.9 Å². The van der Waals surface area contributed by atoms with Crippen molar-refractivity contribution in [3.63, 3.8) is 0 Å². The summed E-state index contributed by atoms with van der Waals surface area (Å²) in [5.41, 5.74) is 0.295. The summed E-state index contributed by atoms with van der Waals surface area (Å²) in [5, 5.41) is 0. The zero-order chi connectivity index (χ0) is 27.1. The van der Waals surface area contributed by atoms with E-state index in [1.807, 2.05) is 30.3 Å². The number of fused-ring (bicyclic) bond motifs is 1. The number of morpholine rings is 1. The molecule has 0 bridgehead atoms. The van der Waals surface area contributed by atoms with Crippen LogP contribution in [0.15, 0.2) is 46.9 Å². The van der Waals surface area contributed by atoms with E-state index < -0.39 is 54.9 Å². The van der Waals surface area contributed by atoms with Gasteiger partial charge in [0.05, 0.1) is 17.1 Å². The maximum Gasteiger partial charge on any atom is 0.416 e. The van der Waals surface area contributed by atoms with Crippen LogP contribution >= 0.6 is 15.9 Å². The summed E-state index contributed by atoms with van der Waals surface area (Å²) in [5.74, 6) is -0.932. The molecule has 2 unspecified atom stereocenters. The van der Waals surface area contributed by atoms with E-state index >= 15 is 0 Å². The first-order chi connectivity index (χ1) is 18.0. The van der Waals surface area contributed by atoms with Gasteiger partial charge in [0.25, 0.3) is 0 Å². The average Bonchev–Trinajstić information content (AvgIpc) is 2.89. The molecule has 0 N–H and O–H groups in total. The Morgan fingerprint density at radius 2 is 1.87 bits per heavy atom. The molecule has 3 aliphatic rings. The molecular weight excluding hydrogens is 576 g/mol. The summed E-state index contributed by atoms with van der Waals surface area (Å²) >= 11 is 3.14. The first-order valence-corrected chi connectivity index (χ1v) is 13.0. The number of rotatable bonds is 3. The number of benzene rings is 2. The Hall–Kier alpha value is -2.86. The molecule has 3 heterocycles. The highest BCUT2D eigenvalue weighted by Gasteiger charge is 2.51. The number of nitrogens with zero attached hydrogens (tertiary/aromatic N) is 2. The number of hydrogen-bond acceptors (Lipinski definition) is 5. The highest BCUT2D eigenvalue weighted by atomic mass is 79.9. The molecule has 2 aromatic carbocycles. The van der Waals surface area contributed by atoms with E-state index in [-0.39, 0.29) is 23.2 Å². The van der Waals surface area contributed by atoms with Crippen LogP contribution in [0.4, 0.5) is 22.4 Å². The molecule has 7 nitrogen and oxygen atoms in total. The lowest BCUT2D eigenvalue weighted by Gasteiger charge is -2.50. The van der Waals surface area contributed by atoms with Gasteiger partial charge in [0.1, 0.15) is 30.4 Å². The minimum Gasteiger partial charge on any atom is -0.487 e. The van der Waals surface area contributed by atoms with Crippen LogP contribution in [0, 0.1) is 5.82 Å². The van der Waals surface area contributed by atoms with Crippen molar-refractivity contribution in [2.45, 2.75) is 49.8 Å². The van der Waals surface area contributed by atoms with Crippen LogP contribution in [-0.4, -0.2) is 65.9 Å². The van der Waals surface area contributed by atoms with Gasteiger partial charge in [-0.15, -0.1) is 0 Å². The van der Waals surface area contributed by atoms with Crippen molar-refractivity contribution in [1.29, 1.82) is 0 Å². The number of carbonyl (C=O) groups is 2. The molecule has 0 aliphatic carbocycles. The van der Waals surface area contributed by atoms with Gasteiger partial charge in [0.2, 0.25) is 5.91 Å². The number of ether oxygens (including phenoxy) is 3. The molecule has 5 rings (SSSR count). The third kappa shape index (κ3) is 5.47. The van der Waals surface area contributed by atoms with Gasteiger partial charge in [0, 0.05) is 37.9 Å². The maximum atomic E-state index is 14.5. The summed E-state index contributed by atoms with van der Waals surface area (Å²) in [6.07, 6.45) is -6.38. The predicted octanol–water partition coefficient (Wildman–Crippen LogP) is 5.37. The molecule has 2 amide bonds. The Labute approximate surface area is 224 Å². The van der Waals surface area contributed by atoms with Crippen molar-refractivity contribution in [3.05, 3.63) is 63.9 Å². The minimum atomic E-state index is -4.65. The minimum absolute atomic E-state index is 0.131. The molecule has 12 heteroatoms. The molecule has 2 aromatic rings. The normalized spacial score (nSPS) is 23.1. The van der Waals surface area contributed by atoms with Crippen LogP contribution in [0.5, 0.6) is 5.75 Å². The van der Waals surface area contributed by atoms with E-state index in [0.29, 0.717) is 31.5 Å². The summed E-state index contributed by atoms with van der Waals surface area (Å²) in [6.45, 7) is -0.699. The van der Waals surface area contributed by atoms with Gasteiger partial charge in [-0.3, -0.25) is 4.79 Å². The van der Waals surface area contributed by atoms with Crippen LogP contribution in [-0.2, 0) is 20.9 Å². The second kappa shape index (κ2) is 10.4. The number of amides is 2. The number of carbonyl (C=O) groups excluding carboxylic acids is 2. The Morgan fingerprint density at radius 1 is 1.16 bits per heavy atom. The van der Waals surface area contributed by atoms with Crippen molar-refractivity contribution in [2.75, 3.05) is 26.2 Å². The monoisotopic (exact) mass is 600 g/mol. The van der Waals surface area contributed by atoms with Crippen LogP contribution in [0.1, 0.15) is 36.4 Å². The van der Waals surface area contributed by atoms with Crippen LogP contribution in [0.25, 0.3) is 0 Å². The SMILES string of the molecule is O=C(OCc1ccccc1)N1CCC2(CC1)CC(N1CC(C(F)(F)F)OCC1=O)c1cc(F)c(Br)cc1O2. The van der Waals surface area contributed by atoms with Gasteiger partial charge in [-0.25, -0.2) is 9.18 Å². The molecule has 0 saturated carbocycles. The maximum absolute atomic E-state index is 14.5. The van der Waals surface area contributed by atoms with E-state index in [1.54, 1.807) is 4.90 Å². The summed E-state index contributed by atoms with van der Waals surface area (Å²) in [6, 6.07) is 11.0. The lowest BCUT2D eigenvalue weighted by molar-refractivity contribution is -0.238. The van der Waals surface area contributed by atoms with Crippen LogP contribution < -0.4 is 4.74 Å². The molecule has 38 heavy (non-hydrogen) atoms. The first kappa shape index (κ1) is 26.7. The van der Waals surface area contributed by atoms with E-state index in [4.69, 9.17) is 14.2 Å². The van der Waals surface area contributed by atoms with Gasteiger partial charge in [-0.2, -0.15) is 13.2 Å². The Balaban J connectivity index is 1.34. The van der Waals surface area contributed by atoms with Crippen LogP contribution in [0.3, 0.4) is 0 Å². The molecule has 2 fully saturated rings. The molecule has 2 atom stereocenters. The third-order valence-corrected chi connectivity index (χ3v) is 7.88. The van der Waals surface area contributed by atoms with Crippen molar-refractivity contribution in [2.24, 2.45) is 0 Å². The van der Waals surface area contributed by atoms with E-state index in [2.05, 4.69) is 15.9 Å². The average molecular weight is 601 g/mol. The summed E-state index contributed by atoms with van der Waals surface area (Å²) < 4.78 is 71.5. The van der Waals surface area contributed by atoms with Crippen molar-refractivity contribution < 1.29 is 41.4 Å². The predicted molar refractivity (Wildman–Crippen MR) is 130 cm³/mol. The van der Waals surface area contributed by atoms with E-state index in [9.17, 15) is 27.2 Å². The second-order valence-electron chi connectivity index (χ2n) is 9.72. The molecule has 2 saturated heterocycles. The Kier molecular flexibility index (Phi) is 7.29. The fourth-order valence-corrected chi connectivity index (χ4v) is 5.53. The zero-order valence-corrected chi connectivity index (χ0v) is 21.8. The fourth-order valence-electron chi connectivity index (χ4n) is 5.21. The topological polar surface area (TPSA) is 68.3 Å². The first-order valence-electron chi connectivity index (χ1n) is 12.2. The van der Waals surface area contributed by atoms with Gasteiger partial charge in [-0.1, -0.05) is 30.3 Å². The fraction of sp³-hybridized carbons (Fsp3) is 0.462. The molecule has 0 radical (unpaired) electrons. The highest BCUT2D eigenvalue weighted by molar-refractivity contribution is 9.10. The van der Waals surface area contributed by atoms with Crippen LogP contribution in [0.2, 0.25) is 0 Å². The highest BCUT2D eigenvalue weighted by Crippen LogP contribution is 2.49. The van der Waals surface area contributed by atoms with Crippen molar-refractivity contribution in [1.82, 2.24) is 9.80 Å². The molecule has 3 aliphatic heterocycles. The van der Waals surface area contributed by atoms with Crippen molar-refractivity contribution in [3.8, 4) is 5.75 Å². The molecule has 1 spiro atoms. The standard InChI is InChI=1S/C26H25BrF4N2O5/c27-18-11-21-17(10-19(18)28)20(33-13-22(26(29,30)31)36-15-23(33)34)12-25(38-21)6-8-32(9-7-25)24(35)37-14-16-4-2-1-3-5-16/h1-5,10-11,20,22H,6-9,12-15H2. The lowest BCUT2D eigenvalue weighted by Crippen LogP contribution is -2.57. The van der Waals surface area contributed by atoms with Gasteiger partial charge in [-0.05, 0) is 33.6 Å². The van der Waals surface area contributed by atoms with Gasteiger partial charge < -0.3 is 24.0 Å². The molecular formula is C26H25BrF4N2O5. The molecule has 204 valence electrons. The smallest absolute Gasteiger partial charge is 0.416 e. The number of piperidine rings is 1. The Bertz CT molecular complexity index is 1200. The quantitative estimate of drug-likeness (QED) is 0.443. The van der Waals surface area contributed by atoms with E-state index in [1.165, 1.54) is 12.1 Å². The van der Waals surface area contributed by atoms with Gasteiger partial charge >= 0.3 is 12.3 Å². The van der Waals surface area contributed by atoms with Gasteiger partial charge in [0.15, 0.2) is 6.10 Å². The number of alkyl halides is 3. The van der Waals surface area contributed by atoms with E-state index in [0.717, 1.165) is 10.5 Å². The zero-order valence-electron chi connectivity index (χ0n) is 20.2. The lowest BCUT2D eigenvalue weighted by atomic mass is 9.79. The number of halogens is 5. The summed E-state index contributed by atoms with van der Waals surface area (Å²) in [4.78, 5) is 28.1. The number of likely N-dealkylation sites (tertiary alicyclic amines) is 1. The largest absolute Gasteiger partial charge is 0.487 e.